The molecule has 0 fully saturated rings. The van der Waals surface area contributed by atoms with Gasteiger partial charge >= 0.3 is 6.03 Å². The van der Waals surface area contributed by atoms with Crippen molar-refractivity contribution in [2.24, 2.45) is 5.73 Å². The summed E-state index contributed by atoms with van der Waals surface area (Å²) >= 11 is 1.16. The van der Waals surface area contributed by atoms with Crippen molar-refractivity contribution in [1.29, 1.82) is 0 Å². The van der Waals surface area contributed by atoms with Gasteiger partial charge in [0.25, 0.3) is 5.91 Å². The van der Waals surface area contributed by atoms with E-state index in [4.69, 9.17) is 5.73 Å². The summed E-state index contributed by atoms with van der Waals surface area (Å²) in [6, 6.07) is 4.84. The highest BCUT2D eigenvalue weighted by Crippen LogP contribution is 2.32. The van der Waals surface area contributed by atoms with Crippen LogP contribution in [0.5, 0.6) is 0 Å². The van der Waals surface area contributed by atoms with E-state index in [2.05, 4.69) is 25.6 Å². The van der Waals surface area contributed by atoms with E-state index in [1.165, 1.54) is 0 Å². The van der Waals surface area contributed by atoms with E-state index < -0.39 is 11.9 Å². The van der Waals surface area contributed by atoms with Crippen LogP contribution in [0.25, 0.3) is 21.5 Å². The number of aromatic nitrogens is 3. The molecular formula is C15H14N6O2S. The van der Waals surface area contributed by atoms with Gasteiger partial charge in [-0.2, -0.15) is 0 Å². The summed E-state index contributed by atoms with van der Waals surface area (Å²) in [5, 5.41) is 5.90. The number of hydrogen-bond donors (Lipinski definition) is 3. The summed E-state index contributed by atoms with van der Waals surface area (Å²) in [6.45, 7) is 2.29. The second kappa shape index (κ2) is 6.59. The maximum absolute atomic E-state index is 11.7. The fraction of sp³-hybridized carbons (Fsp3) is 0.133. The van der Waals surface area contributed by atoms with Crippen molar-refractivity contribution in [3.63, 3.8) is 0 Å². The minimum Gasteiger partial charge on any atom is -0.365 e. The molecule has 3 amide bonds. The average molecular weight is 342 g/mol. The monoisotopic (exact) mass is 342 g/mol. The number of primary amides is 1. The summed E-state index contributed by atoms with van der Waals surface area (Å²) in [7, 11) is 0. The van der Waals surface area contributed by atoms with Crippen molar-refractivity contribution in [2.75, 3.05) is 11.9 Å². The Morgan fingerprint density at radius 3 is 2.67 bits per heavy atom. The first-order valence-corrected chi connectivity index (χ1v) is 7.96. The smallest absolute Gasteiger partial charge is 0.321 e. The highest BCUT2D eigenvalue weighted by Gasteiger charge is 2.16. The number of rotatable bonds is 4. The van der Waals surface area contributed by atoms with Gasteiger partial charge < -0.3 is 11.1 Å². The molecule has 122 valence electrons. The lowest BCUT2D eigenvalue weighted by Gasteiger charge is -2.07. The number of pyridine rings is 1. The maximum Gasteiger partial charge on any atom is 0.321 e. The van der Waals surface area contributed by atoms with Crippen molar-refractivity contribution in [3.05, 3.63) is 35.5 Å². The molecular weight excluding hydrogens is 328 g/mol. The molecule has 0 saturated carbocycles. The van der Waals surface area contributed by atoms with Crippen molar-refractivity contribution < 1.29 is 9.59 Å². The third kappa shape index (κ3) is 3.15. The van der Waals surface area contributed by atoms with Crippen molar-refractivity contribution in [3.8, 4) is 11.3 Å². The Labute approximate surface area is 141 Å². The normalized spacial score (nSPS) is 10.5. The standard InChI is InChI=1S/C15H14N6O2S/c1-2-18-15(23)21-14-19-11(8-3-5-17-6-4-8)9-7-10(12(16)22)24-13(9)20-14/h3-7H,2H2,1H3,(H2,16,22)(H2,18,19,20,21,23). The van der Waals surface area contributed by atoms with Crippen LogP contribution >= 0.6 is 11.3 Å². The number of amides is 3. The number of carbonyl (C=O) groups is 2. The first-order valence-electron chi connectivity index (χ1n) is 7.15. The number of fused-ring (bicyclic) bond motifs is 1. The van der Waals surface area contributed by atoms with Gasteiger partial charge in [-0.15, -0.1) is 11.3 Å². The summed E-state index contributed by atoms with van der Waals surface area (Å²) in [4.78, 5) is 36.8. The molecule has 0 aliphatic heterocycles. The van der Waals surface area contributed by atoms with Crippen LogP contribution in [0.3, 0.4) is 0 Å². The molecule has 3 aromatic rings. The molecule has 0 unspecified atom stereocenters. The summed E-state index contributed by atoms with van der Waals surface area (Å²) in [5.41, 5.74) is 6.75. The van der Waals surface area contributed by atoms with Crippen LogP contribution in [0.15, 0.2) is 30.6 Å². The zero-order valence-corrected chi connectivity index (χ0v) is 13.6. The van der Waals surface area contributed by atoms with E-state index in [1.54, 1.807) is 30.6 Å². The fourth-order valence-corrected chi connectivity index (χ4v) is 3.02. The van der Waals surface area contributed by atoms with Crippen LogP contribution in [0.4, 0.5) is 10.7 Å². The molecule has 0 radical (unpaired) electrons. The number of anilines is 1. The Balaban J connectivity index is 2.15. The number of urea groups is 1. The van der Waals surface area contributed by atoms with Gasteiger partial charge in [0.1, 0.15) is 4.83 Å². The van der Waals surface area contributed by atoms with Crippen LogP contribution < -0.4 is 16.4 Å². The lowest BCUT2D eigenvalue weighted by Crippen LogP contribution is -2.29. The van der Waals surface area contributed by atoms with E-state index in [0.717, 1.165) is 16.9 Å². The molecule has 8 nitrogen and oxygen atoms in total. The zero-order chi connectivity index (χ0) is 17.1. The Morgan fingerprint density at radius 1 is 1.25 bits per heavy atom. The first-order chi connectivity index (χ1) is 11.6. The molecule has 0 atom stereocenters. The summed E-state index contributed by atoms with van der Waals surface area (Å²) < 4.78 is 0. The minimum absolute atomic E-state index is 0.151. The zero-order valence-electron chi connectivity index (χ0n) is 12.7. The van der Waals surface area contributed by atoms with Gasteiger partial charge in [0.2, 0.25) is 5.95 Å². The quantitative estimate of drug-likeness (QED) is 0.669. The van der Waals surface area contributed by atoms with Crippen LogP contribution in [0, 0.1) is 0 Å². The van der Waals surface area contributed by atoms with Gasteiger partial charge in [-0.3, -0.25) is 15.1 Å². The van der Waals surface area contributed by atoms with Crippen LogP contribution in [0.1, 0.15) is 16.6 Å². The number of carbonyl (C=O) groups excluding carboxylic acids is 2. The number of nitrogens with two attached hydrogens (primary N) is 1. The number of thiophene rings is 1. The molecule has 0 spiro atoms. The third-order valence-corrected chi connectivity index (χ3v) is 4.20. The van der Waals surface area contributed by atoms with Crippen molar-refractivity contribution in [1.82, 2.24) is 20.3 Å². The number of nitrogens with one attached hydrogen (secondary N) is 2. The Morgan fingerprint density at radius 2 is 2.00 bits per heavy atom. The molecule has 0 aliphatic rings. The number of hydrogen-bond acceptors (Lipinski definition) is 6. The van der Waals surface area contributed by atoms with Gasteiger partial charge in [-0.25, -0.2) is 14.8 Å². The van der Waals surface area contributed by atoms with Gasteiger partial charge in [0.05, 0.1) is 10.6 Å². The summed E-state index contributed by atoms with van der Waals surface area (Å²) in [5.74, 6) is -0.380. The Bertz CT molecular complexity index is 909. The van der Waals surface area contributed by atoms with Gasteiger partial charge in [0.15, 0.2) is 0 Å². The molecule has 3 aromatic heterocycles. The van der Waals surface area contributed by atoms with E-state index in [1.807, 2.05) is 6.92 Å². The van der Waals surface area contributed by atoms with Gasteiger partial charge in [-0.1, -0.05) is 0 Å². The first kappa shape index (κ1) is 15.8. The molecule has 0 aliphatic carbocycles. The minimum atomic E-state index is -0.531. The molecule has 0 bridgehead atoms. The summed E-state index contributed by atoms with van der Waals surface area (Å²) in [6.07, 6.45) is 3.28. The molecule has 4 N–H and O–H groups in total. The van der Waals surface area contributed by atoms with E-state index in [0.29, 0.717) is 27.3 Å². The van der Waals surface area contributed by atoms with Gasteiger partial charge in [-0.05, 0) is 25.1 Å². The van der Waals surface area contributed by atoms with Crippen molar-refractivity contribution in [2.45, 2.75) is 6.92 Å². The highest BCUT2D eigenvalue weighted by molar-refractivity contribution is 7.20. The second-order valence-corrected chi connectivity index (χ2v) is 5.84. The lowest BCUT2D eigenvalue weighted by molar-refractivity contribution is 0.100. The van der Waals surface area contributed by atoms with Crippen LogP contribution in [-0.2, 0) is 0 Å². The van der Waals surface area contributed by atoms with E-state index in [-0.39, 0.29) is 5.95 Å². The lowest BCUT2D eigenvalue weighted by atomic mass is 10.1. The predicted octanol–water partition coefficient (Wildman–Crippen LogP) is 1.99. The molecule has 0 saturated heterocycles. The van der Waals surface area contributed by atoms with Crippen LogP contribution in [0.2, 0.25) is 0 Å². The van der Waals surface area contributed by atoms with E-state index in [9.17, 15) is 9.59 Å². The topological polar surface area (TPSA) is 123 Å². The largest absolute Gasteiger partial charge is 0.365 e. The SMILES string of the molecule is CCNC(=O)Nc1nc(-c2ccncc2)c2cc(C(N)=O)sc2n1. The molecule has 3 heterocycles. The highest BCUT2D eigenvalue weighted by atomic mass is 32.1. The fourth-order valence-electron chi connectivity index (χ4n) is 2.13. The third-order valence-electron chi connectivity index (χ3n) is 3.15. The Kier molecular flexibility index (Phi) is 4.34. The second-order valence-electron chi connectivity index (χ2n) is 4.81. The molecule has 3 rings (SSSR count). The van der Waals surface area contributed by atoms with E-state index >= 15 is 0 Å². The Hall–Kier alpha value is -3.07. The molecule has 0 aromatic carbocycles. The predicted molar refractivity (Wildman–Crippen MR) is 91.9 cm³/mol. The molecule has 24 heavy (non-hydrogen) atoms. The maximum atomic E-state index is 11.7. The number of nitrogens with zero attached hydrogens (tertiary/aromatic N) is 3. The van der Waals surface area contributed by atoms with Gasteiger partial charge in [0, 0.05) is 29.9 Å². The average Bonchev–Trinajstić information content (AvgIpc) is 2.99. The van der Waals surface area contributed by atoms with Crippen LogP contribution in [-0.4, -0.2) is 33.4 Å². The van der Waals surface area contributed by atoms with Crippen molar-refractivity contribution >= 4 is 39.4 Å². The molecule has 9 heteroatoms.